The van der Waals surface area contributed by atoms with Crippen molar-refractivity contribution in [2.45, 2.75) is 19.0 Å². The van der Waals surface area contributed by atoms with E-state index in [0.717, 1.165) is 11.1 Å². The standard InChI is InChI=1S/C22H23N5O2/c1-27(2)22(29)18-9-15(17-12-24-25-13-17)7-8-19(18)26-21(28)20-10-14-5-3-4-6-16(14)11-23-20/h3-9,12-13,20,23H,10-11H2,1-2H3,(H,24,25)(H,26,28)/t20-/m0/s1. The minimum Gasteiger partial charge on any atom is -0.345 e. The van der Waals surface area contributed by atoms with Crippen LogP contribution in [0.15, 0.2) is 54.9 Å². The zero-order chi connectivity index (χ0) is 20.4. The molecule has 0 saturated heterocycles. The molecule has 0 saturated carbocycles. The molecule has 7 nitrogen and oxygen atoms in total. The Morgan fingerprint density at radius 3 is 2.62 bits per heavy atom. The van der Waals surface area contributed by atoms with Crippen LogP contribution < -0.4 is 10.6 Å². The third kappa shape index (κ3) is 3.90. The molecule has 2 heterocycles. The van der Waals surface area contributed by atoms with Crippen LogP contribution in [0, 0.1) is 0 Å². The highest BCUT2D eigenvalue weighted by Crippen LogP contribution is 2.26. The number of anilines is 1. The molecule has 2 aromatic carbocycles. The lowest BCUT2D eigenvalue weighted by Crippen LogP contribution is -2.44. The van der Waals surface area contributed by atoms with Gasteiger partial charge in [0.15, 0.2) is 0 Å². The predicted molar refractivity (Wildman–Crippen MR) is 111 cm³/mol. The van der Waals surface area contributed by atoms with Crippen molar-refractivity contribution >= 4 is 17.5 Å². The molecule has 0 aliphatic carbocycles. The zero-order valence-corrected chi connectivity index (χ0v) is 16.4. The smallest absolute Gasteiger partial charge is 0.255 e. The third-order valence-electron chi connectivity index (χ3n) is 5.14. The summed E-state index contributed by atoms with van der Waals surface area (Å²) in [6.07, 6.45) is 4.08. The molecule has 4 rings (SSSR count). The number of carbonyl (C=O) groups is 2. The van der Waals surface area contributed by atoms with Gasteiger partial charge in [0.1, 0.15) is 0 Å². The predicted octanol–water partition coefficient (Wildman–Crippen LogP) is 2.43. The molecular weight excluding hydrogens is 366 g/mol. The van der Waals surface area contributed by atoms with Gasteiger partial charge < -0.3 is 15.5 Å². The molecule has 3 N–H and O–H groups in total. The number of nitrogens with one attached hydrogen (secondary N) is 3. The van der Waals surface area contributed by atoms with Crippen LogP contribution in [0.4, 0.5) is 5.69 Å². The Morgan fingerprint density at radius 1 is 1.10 bits per heavy atom. The maximum atomic E-state index is 12.9. The van der Waals surface area contributed by atoms with Crippen LogP contribution >= 0.6 is 0 Å². The molecule has 0 fully saturated rings. The van der Waals surface area contributed by atoms with Crippen molar-refractivity contribution in [2.75, 3.05) is 19.4 Å². The van der Waals surface area contributed by atoms with Crippen LogP contribution in [0.1, 0.15) is 21.5 Å². The number of fused-ring (bicyclic) bond motifs is 1. The fourth-order valence-corrected chi connectivity index (χ4v) is 3.52. The van der Waals surface area contributed by atoms with Gasteiger partial charge in [-0.2, -0.15) is 5.10 Å². The Hall–Kier alpha value is -3.45. The molecule has 7 heteroatoms. The van der Waals surface area contributed by atoms with Crippen LogP contribution in [-0.4, -0.2) is 47.0 Å². The molecule has 3 aromatic rings. The number of amides is 2. The van der Waals surface area contributed by atoms with E-state index in [1.54, 1.807) is 38.6 Å². The van der Waals surface area contributed by atoms with Crippen LogP contribution in [0.3, 0.4) is 0 Å². The minimum absolute atomic E-state index is 0.150. The highest BCUT2D eigenvalue weighted by molar-refractivity contribution is 6.05. The monoisotopic (exact) mass is 389 g/mol. The second kappa shape index (κ2) is 7.89. The molecular formula is C22H23N5O2. The first-order valence-corrected chi connectivity index (χ1v) is 9.49. The van der Waals surface area contributed by atoms with Gasteiger partial charge in [-0.3, -0.25) is 14.7 Å². The summed E-state index contributed by atoms with van der Waals surface area (Å²) >= 11 is 0. The van der Waals surface area contributed by atoms with Gasteiger partial charge in [-0.1, -0.05) is 30.3 Å². The number of hydrogen-bond acceptors (Lipinski definition) is 4. The summed E-state index contributed by atoms with van der Waals surface area (Å²) in [5.41, 5.74) is 5.06. The topological polar surface area (TPSA) is 90.1 Å². The van der Waals surface area contributed by atoms with Gasteiger partial charge in [0, 0.05) is 32.4 Å². The highest BCUT2D eigenvalue weighted by atomic mass is 16.2. The second-order valence-electron chi connectivity index (χ2n) is 7.34. The van der Waals surface area contributed by atoms with E-state index in [9.17, 15) is 9.59 Å². The lowest BCUT2D eigenvalue weighted by Gasteiger charge is -2.26. The first kappa shape index (κ1) is 18.9. The minimum atomic E-state index is -0.347. The van der Waals surface area contributed by atoms with Crippen molar-refractivity contribution in [2.24, 2.45) is 0 Å². The summed E-state index contributed by atoms with van der Waals surface area (Å²) in [5.74, 6) is -0.323. The van der Waals surface area contributed by atoms with Crippen LogP contribution in [0.25, 0.3) is 11.1 Å². The molecule has 0 bridgehead atoms. The van der Waals surface area contributed by atoms with Gasteiger partial charge >= 0.3 is 0 Å². The zero-order valence-electron chi connectivity index (χ0n) is 16.4. The van der Waals surface area contributed by atoms with Gasteiger partial charge in [-0.05, 0) is 35.2 Å². The Bertz CT molecular complexity index is 1040. The first-order chi connectivity index (χ1) is 14.0. The molecule has 1 atom stereocenters. The number of H-pyrrole nitrogens is 1. The molecule has 1 aromatic heterocycles. The van der Waals surface area contributed by atoms with E-state index in [1.807, 2.05) is 18.2 Å². The van der Waals surface area contributed by atoms with Crippen molar-refractivity contribution in [1.29, 1.82) is 0 Å². The summed E-state index contributed by atoms with van der Waals surface area (Å²) < 4.78 is 0. The lowest BCUT2D eigenvalue weighted by molar-refractivity contribution is -0.118. The summed E-state index contributed by atoms with van der Waals surface area (Å²) in [6, 6.07) is 13.2. The highest BCUT2D eigenvalue weighted by Gasteiger charge is 2.25. The van der Waals surface area contributed by atoms with Gasteiger partial charge in [-0.25, -0.2) is 0 Å². The van der Waals surface area contributed by atoms with Crippen molar-refractivity contribution in [1.82, 2.24) is 20.4 Å². The van der Waals surface area contributed by atoms with Gasteiger partial charge in [0.25, 0.3) is 5.91 Å². The molecule has 29 heavy (non-hydrogen) atoms. The Balaban J connectivity index is 1.59. The van der Waals surface area contributed by atoms with E-state index in [-0.39, 0.29) is 17.9 Å². The maximum absolute atomic E-state index is 12.9. The molecule has 0 unspecified atom stereocenters. The first-order valence-electron chi connectivity index (χ1n) is 9.49. The van der Waals surface area contributed by atoms with Crippen molar-refractivity contribution < 1.29 is 9.59 Å². The number of hydrogen-bond donors (Lipinski definition) is 3. The van der Waals surface area contributed by atoms with E-state index in [1.165, 1.54) is 16.0 Å². The number of aromatic nitrogens is 2. The lowest BCUT2D eigenvalue weighted by atomic mass is 9.95. The fraction of sp³-hybridized carbons (Fsp3) is 0.227. The molecule has 0 radical (unpaired) electrons. The SMILES string of the molecule is CN(C)C(=O)c1cc(-c2cn[nH]c2)ccc1NC(=O)[C@@H]1Cc2ccccc2CN1. The van der Waals surface area contributed by atoms with E-state index in [0.29, 0.717) is 24.2 Å². The van der Waals surface area contributed by atoms with E-state index in [2.05, 4.69) is 33.0 Å². The largest absolute Gasteiger partial charge is 0.345 e. The third-order valence-corrected chi connectivity index (χ3v) is 5.14. The summed E-state index contributed by atoms with van der Waals surface area (Å²) in [6.45, 7) is 0.650. The average Bonchev–Trinajstić information content (AvgIpc) is 3.28. The number of carbonyl (C=O) groups excluding carboxylic acids is 2. The number of nitrogens with zero attached hydrogens (tertiary/aromatic N) is 2. The Kier molecular flexibility index (Phi) is 5.14. The van der Waals surface area contributed by atoms with E-state index in [4.69, 9.17) is 0 Å². The number of aromatic amines is 1. The normalized spacial score (nSPS) is 15.4. The second-order valence-corrected chi connectivity index (χ2v) is 7.34. The van der Waals surface area contributed by atoms with E-state index < -0.39 is 0 Å². The van der Waals surface area contributed by atoms with Crippen molar-refractivity contribution in [3.8, 4) is 11.1 Å². The number of benzene rings is 2. The Labute approximate surface area is 169 Å². The fourth-order valence-electron chi connectivity index (χ4n) is 3.52. The van der Waals surface area contributed by atoms with E-state index >= 15 is 0 Å². The van der Waals surface area contributed by atoms with Gasteiger partial charge in [0.2, 0.25) is 5.91 Å². The molecule has 1 aliphatic heterocycles. The summed E-state index contributed by atoms with van der Waals surface area (Å²) in [5, 5.41) is 13.0. The molecule has 148 valence electrons. The van der Waals surface area contributed by atoms with Crippen LogP contribution in [0.2, 0.25) is 0 Å². The van der Waals surface area contributed by atoms with Gasteiger partial charge in [0.05, 0.1) is 23.5 Å². The quantitative estimate of drug-likeness (QED) is 0.639. The molecule has 0 spiro atoms. The maximum Gasteiger partial charge on any atom is 0.255 e. The van der Waals surface area contributed by atoms with Crippen molar-refractivity contribution in [3.63, 3.8) is 0 Å². The van der Waals surface area contributed by atoms with Crippen LogP contribution in [0.5, 0.6) is 0 Å². The molecule has 1 aliphatic rings. The number of rotatable bonds is 4. The molecule has 2 amide bonds. The average molecular weight is 389 g/mol. The summed E-state index contributed by atoms with van der Waals surface area (Å²) in [7, 11) is 3.39. The summed E-state index contributed by atoms with van der Waals surface area (Å²) in [4.78, 5) is 27.2. The van der Waals surface area contributed by atoms with Gasteiger partial charge in [-0.15, -0.1) is 0 Å². The Morgan fingerprint density at radius 2 is 1.90 bits per heavy atom. The van der Waals surface area contributed by atoms with Crippen molar-refractivity contribution in [3.05, 3.63) is 71.5 Å². The van der Waals surface area contributed by atoms with Crippen LogP contribution in [-0.2, 0) is 17.8 Å².